The molecule has 2 rings (SSSR count). The number of ether oxygens (including phenoxy) is 2. The Morgan fingerprint density at radius 1 is 1.17 bits per heavy atom. The Bertz CT molecular complexity index is 529. The number of methoxy groups -OCH3 is 1. The maximum atomic E-state index is 5.63. The first-order valence-electron chi connectivity index (χ1n) is 5.26. The summed E-state index contributed by atoms with van der Waals surface area (Å²) < 4.78 is 12.5. The lowest BCUT2D eigenvalue weighted by molar-refractivity contribution is 0.291. The summed E-state index contributed by atoms with van der Waals surface area (Å²) in [6.45, 7) is 0.469. The van der Waals surface area contributed by atoms with E-state index in [-0.39, 0.29) is 0 Å². The minimum absolute atomic E-state index is 0.469. The van der Waals surface area contributed by atoms with Crippen LogP contribution in [0.25, 0.3) is 0 Å². The van der Waals surface area contributed by atoms with E-state index in [1.165, 1.54) is 0 Å². The molecule has 0 saturated heterocycles. The molecule has 0 radical (unpaired) electrons. The summed E-state index contributed by atoms with van der Waals surface area (Å²) in [6, 6.07) is 9.64. The maximum absolute atomic E-state index is 5.63. The number of rotatable bonds is 4. The van der Waals surface area contributed by atoms with Gasteiger partial charge in [0, 0.05) is 10.7 Å². The van der Waals surface area contributed by atoms with Gasteiger partial charge in [-0.3, -0.25) is 0 Å². The summed E-state index contributed by atoms with van der Waals surface area (Å²) in [5.74, 6) is 1.41. The van der Waals surface area contributed by atoms with Crippen molar-refractivity contribution < 1.29 is 9.47 Å². The number of benzene rings is 1. The molecule has 1 aromatic carbocycles. The summed E-state index contributed by atoms with van der Waals surface area (Å²) in [6.07, 6.45) is 1.70. The first-order chi connectivity index (χ1) is 8.69. The van der Waals surface area contributed by atoms with E-state index >= 15 is 0 Å². The van der Waals surface area contributed by atoms with Gasteiger partial charge in [0.15, 0.2) is 0 Å². The van der Waals surface area contributed by atoms with Gasteiger partial charge in [0.25, 0.3) is 0 Å². The molecular weight excluding hydrogens is 362 g/mol. The second kappa shape index (κ2) is 6.20. The third-order valence-corrected chi connectivity index (χ3v) is 3.31. The molecule has 0 aliphatic heterocycles. The molecule has 18 heavy (non-hydrogen) atoms. The van der Waals surface area contributed by atoms with Crippen LogP contribution < -0.4 is 9.47 Å². The van der Waals surface area contributed by atoms with Gasteiger partial charge in [0.1, 0.15) is 12.4 Å². The fourth-order valence-electron chi connectivity index (χ4n) is 1.38. The molecule has 0 aliphatic carbocycles. The van der Waals surface area contributed by atoms with E-state index in [0.717, 1.165) is 20.3 Å². The second-order valence-electron chi connectivity index (χ2n) is 3.58. The van der Waals surface area contributed by atoms with Crippen LogP contribution >= 0.6 is 31.9 Å². The summed E-state index contributed by atoms with van der Waals surface area (Å²) in [4.78, 5) is 4.19. The highest BCUT2D eigenvalue weighted by atomic mass is 79.9. The first-order valence-corrected chi connectivity index (χ1v) is 6.84. The molecule has 0 N–H and O–H groups in total. The van der Waals surface area contributed by atoms with Crippen molar-refractivity contribution in [2.75, 3.05) is 7.11 Å². The zero-order valence-corrected chi connectivity index (χ0v) is 12.9. The third kappa shape index (κ3) is 3.46. The Kier molecular flexibility index (Phi) is 4.60. The van der Waals surface area contributed by atoms with Crippen LogP contribution in [-0.4, -0.2) is 12.1 Å². The number of nitrogens with zero attached hydrogens (tertiary/aromatic N) is 1. The average molecular weight is 373 g/mol. The van der Waals surface area contributed by atoms with Crippen LogP contribution in [0.5, 0.6) is 11.6 Å². The van der Waals surface area contributed by atoms with Crippen LogP contribution in [-0.2, 0) is 6.61 Å². The predicted molar refractivity (Wildman–Crippen MR) is 77.0 cm³/mol. The Balaban J connectivity index is 2.02. The van der Waals surface area contributed by atoms with E-state index in [9.17, 15) is 0 Å². The van der Waals surface area contributed by atoms with Gasteiger partial charge in [-0.25, -0.2) is 4.98 Å². The molecule has 5 heteroatoms. The van der Waals surface area contributed by atoms with Crippen LogP contribution in [0, 0.1) is 0 Å². The summed E-state index contributed by atoms with van der Waals surface area (Å²) >= 11 is 6.75. The second-order valence-corrected chi connectivity index (χ2v) is 5.35. The van der Waals surface area contributed by atoms with Crippen molar-refractivity contribution in [1.82, 2.24) is 4.98 Å². The molecule has 94 valence electrons. The average Bonchev–Trinajstić information content (AvgIpc) is 2.38. The fourth-order valence-corrected chi connectivity index (χ4v) is 2.48. The predicted octanol–water partition coefficient (Wildman–Crippen LogP) is 4.19. The molecule has 0 atom stereocenters. The van der Waals surface area contributed by atoms with E-state index in [4.69, 9.17) is 9.47 Å². The van der Waals surface area contributed by atoms with Crippen molar-refractivity contribution in [1.29, 1.82) is 0 Å². The molecule has 0 fully saturated rings. The molecule has 3 nitrogen and oxygen atoms in total. The van der Waals surface area contributed by atoms with E-state index in [0.29, 0.717) is 12.5 Å². The minimum atomic E-state index is 0.469. The zero-order valence-electron chi connectivity index (χ0n) is 9.69. The monoisotopic (exact) mass is 371 g/mol. The number of hydrogen-bond acceptors (Lipinski definition) is 3. The SMILES string of the molecule is COc1ccc(COc2ncc(Br)cc2Br)cc1. The lowest BCUT2D eigenvalue weighted by Crippen LogP contribution is -1.98. The highest BCUT2D eigenvalue weighted by Crippen LogP contribution is 2.26. The molecule has 0 saturated carbocycles. The van der Waals surface area contributed by atoms with E-state index in [1.807, 2.05) is 30.3 Å². The van der Waals surface area contributed by atoms with E-state index in [1.54, 1.807) is 13.3 Å². The van der Waals surface area contributed by atoms with Crippen LogP contribution in [0.3, 0.4) is 0 Å². The van der Waals surface area contributed by atoms with Gasteiger partial charge in [-0.15, -0.1) is 0 Å². The fraction of sp³-hybridized carbons (Fsp3) is 0.154. The molecule has 2 aromatic rings. The van der Waals surface area contributed by atoms with Crippen molar-refractivity contribution in [3.63, 3.8) is 0 Å². The molecule has 1 heterocycles. The molecule has 0 aliphatic rings. The topological polar surface area (TPSA) is 31.4 Å². The van der Waals surface area contributed by atoms with Gasteiger partial charge in [0.05, 0.1) is 11.6 Å². The van der Waals surface area contributed by atoms with E-state index in [2.05, 4.69) is 36.8 Å². The quantitative estimate of drug-likeness (QED) is 0.806. The van der Waals surface area contributed by atoms with Crippen LogP contribution in [0.4, 0.5) is 0 Å². The van der Waals surface area contributed by atoms with Gasteiger partial charge < -0.3 is 9.47 Å². The lowest BCUT2D eigenvalue weighted by atomic mass is 10.2. The maximum Gasteiger partial charge on any atom is 0.228 e. The molecular formula is C13H11Br2NO2. The minimum Gasteiger partial charge on any atom is -0.497 e. The van der Waals surface area contributed by atoms with Crippen LogP contribution in [0.2, 0.25) is 0 Å². The van der Waals surface area contributed by atoms with Gasteiger partial charge in [-0.1, -0.05) is 12.1 Å². The molecule has 1 aromatic heterocycles. The van der Waals surface area contributed by atoms with E-state index < -0.39 is 0 Å². The van der Waals surface area contributed by atoms with Gasteiger partial charge in [-0.05, 0) is 55.6 Å². The summed E-state index contributed by atoms with van der Waals surface area (Å²) in [5, 5.41) is 0. The number of pyridine rings is 1. The highest BCUT2D eigenvalue weighted by Gasteiger charge is 2.04. The number of halogens is 2. The molecule has 0 spiro atoms. The Hall–Kier alpha value is -1.07. The number of hydrogen-bond donors (Lipinski definition) is 0. The Morgan fingerprint density at radius 3 is 2.50 bits per heavy atom. The van der Waals surface area contributed by atoms with Crippen molar-refractivity contribution in [3.8, 4) is 11.6 Å². The van der Waals surface area contributed by atoms with Crippen molar-refractivity contribution >= 4 is 31.9 Å². The molecule has 0 bridgehead atoms. The number of aromatic nitrogens is 1. The molecule has 0 unspecified atom stereocenters. The normalized spacial score (nSPS) is 10.2. The Morgan fingerprint density at radius 2 is 1.89 bits per heavy atom. The van der Waals surface area contributed by atoms with Gasteiger partial charge in [-0.2, -0.15) is 0 Å². The summed E-state index contributed by atoms with van der Waals surface area (Å²) in [7, 11) is 1.65. The zero-order chi connectivity index (χ0) is 13.0. The third-order valence-electron chi connectivity index (χ3n) is 2.31. The Labute approximate surface area is 122 Å². The first kappa shape index (κ1) is 13.4. The van der Waals surface area contributed by atoms with Gasteiger partial charge in [0.2, 0.25) is 5.88 Å². The van der Waals surface area contributed by atoms with Crippen LogP contribution in [0.1, 0.15) is 5.56 Å². The molecule has 0 amide bonds. The van der Waals surface area contributed by atoms with Crippen LogP contribution in [0.15, 0.2) is 45.5 Å². The largest absolute Gasteiger partial charge is 0.497 e. The standard InChI is InChI=1S/C13H11Br2NO2/c1-17-11-4-2-9(3-5-11)8-18-13-12(15)6-10(14)7-16-13/h2-7H,8H2,1H3. The van der Waals surface area contributed by atoms with Crippen molar-refractivity contribution in [2.45, 2.75) is 6.61 Å². The highest BCUT2D eigenvalue weighted by molar-refractivity contribution is 9.11. The summed E-state index contributed by atoms with van der Waals surface area (Å²) in [5.41, 5.74) is 1.06. The lowest BCUT2D eigenvalue weighted by Gasteiger charge is -2.07. The smallest absolute Gasteiger partial charge is 0.228 e. The van der Waals surface area contributed by atoms with Gasteiger partial charge >= 0.3 is 0 Å². The van der Waals surface area contributed by atoms with Crippen molar-refractivity contribution in [2.24, 2.45) is 0 Å². The van der Waals surface area contributed by atoms with Crippen molar-refractivity contribution in [3.05, 3.63) is 51.0 Å².